The molecule has 4 rings (SSSR count). The third-order valence-electron chi connectivity index (χ3n) is 5.29. The van der Waals surface area contributed by atoms with Gasteiger partial charge in [0.2, 0.25) is 0 Å². The molecule has 8 heteroatoms. The molecule has 1 aromatic heterocycles. The van der Waals surface area contributed by atoms with Crippen molar-refractivity contribution in [1.82, 2.24) is 9.88 Å². The number of amides is 2. The van der Waals surface area contributed by atoms with E-state index < -0.39 is 5.91 Å². The van der Waals surface area contributed by atoms with E-state index in [0.717, 1.165) is 5.56 Å². The van der Waals surface area contributed by atoms with Gasteiger partial charge >= 0.3 is 0 Å². The maximum atomic E-state index is 13.4. The van der Waals surface area contributed by atoms with Crippen LogP contribution >= 0.6 is 0 Å². The highest BCUT2D eigenvalue weighted by molar-refractivity contribution is 6.36. The van der Waals surface area contributed by atoms with E-state index in [2.05, 4.69) is 10.3 Å². The molecule has 0 aliphatic carbocycles. The minimum Gasteiger partial charge on any atom is -0.497 e. The second-order valence-corrected chi connectivity index (χ2v) is 7.23. The van der Waals surface area contributed by atoms with E-state index in [0.29, 0.717) is 28.5 Å². The first-order valence-corrected chi connectivity index (χ1v) is 10.2. The SMILES string of the molecule is COc1ccc(C2=C(Nc3ccc(OC)c(OC)c3)C(=O)N(Cc3ccncc3)C2=O)cc1. The summed E-state index contributed by atoms with van der Waals surface area (Å²) in [5, 5.41) is 3.13. The van der Waals surface area contributed by atoms with Gasteiger partial charge in [-0.15, -0.1) is 0 Å². The van der Waals surface area contributed by atoms with Gasteiger partial charge in [0, 0.05) is 24.1 Å². The van der Waals surface area contributed by atoms with Crippen LogP contribution < -0.4 is 19.5 Å². The van der Waals surface area contributed by atoms with Crippen LogP contribution in [0.4, 0.5) is 5.69 Å². The first-order chi connectivity index (χ1) is 16.0. The van der Waals surface area contributed by atoms with Gasteiger partial charge in [0.15, 0.2) is 11.5 Å². The Labute approximate surface area is 191 Å². The van der Waals surface area contributed by atoms with Gasteiger partial charge in [-0.2, -0.15) is 0 Å². The molecule has 0 spiro atoms. The summed E-state index contributed by atoms with van der Waals surface area (Å²) in [7, 11) is 4.65. The van der Waals surface area contributed by atoms with E-state index in [9.17, 15) is 9.59 Å². The van der Waals surface area contributed by atoms with Crippen LogP contribution in [0.25, 0.3) is 5.57 Å². The monoisotopic (exact) mass is 445 g/mol. The van der Waals surface area contributed by atoms with Gasteiger partial charge < -0.3 is 19.5 Å². The molecule has 2 amide bonds. The zero-order valence-corrected chi connectivity index (χ0v) is 18.5. The molecule has 1 aliphatic rings. The molecule has 0 unspecified atom stereocenters. The second kappa shape index (κ2) is 9.44. The molecule has 2 aromatic carbocycles. The number of carbonyl (C=O) groups excluding carboxylic acids is 2. The predicted molar refractivity (Wildman–Crippen MR) is 123 cm³/mol. The topological polar surface area (TPSA) is 90.0 Å². The molecule has 2 heterocycles. The normalized spacial score (nSPS) is 13.4. The Morgan fingerprint density at radius 1 is 0.818 bits per heavy atom. The highest BCUT2D eigenvalue weighted by Gasteiger charge is 2.39. The van der Waals surface area contributed by atoms with Crippen molar-refractivity contribution in [3.63, 3.8) is 0 Å². The summed E-state index contributed by atoms with van der Waals surface area (Å²) in [5.74, 6) is 0.904. The molecule has 0 fully saturated rings. The fraction of sp³-hybridized carbons (Fsp3) is 0.160. The fourth-order valence-electron chi connectivity index (χ4n) is 3.59. The average Bonchev–Trinajstić information content (AvgIpc) is 3.08. The Morgan fingerprint density at radius 3 is 2.15 bits per heavy atom. The number of methoxy groups -OCH3 is 3. The number of imide groups is 1. The Hall–Kier alpha value is -4.33. The Balaban J connectivity index is 1.74. The van der Waals surface area contributed by atoms with Gasteiger partial charge in [0.1, 0.15) is 11.4 Å². The van der Waals surface area contributed by atoms with Gasteiger partial charge in [-0.3, -0.25) is 19.5 Å². The molecule has 0 atom stereocenters. The van der Waals surface area contributed by atoms with Crippen LogP contribution in [0.5, 0.6) is 17.2 Å². The standard InChI is InChI=1S/C25H23N3O5/c1-31-19-7-4-17(5-8-19)22-23(27-18-6-9-20(32-2)21(14-18)33-3)25(30)28(24(22)29)15-16-10-12-26-13-11-16/h4-14,27H,15H2,1-3H3. The van der Waals surface area contributed by atoms with E-state index in [1.54, 1.807) is 81.2 Å². The summed E-state index contributed by atoms with van der Waals surface area (Å²) >= 11 is 0. The number of nitrogens with zero attached hydrogens (tertiary/aromatic N) is 2. The summed E-state index contributed by atoms with van der Waals surface area (Å²) in [4.78, 5) is 32.0. The van der Waals surface area contributed by atoms with E-state index in [4.69, 9.17) is 14.2 Å². The van der Waals surface area contributed by atoms with E-state index in [1.165, 1.54) is 12.0 Å². The number of carbonyl (C=O) groups is 2. The molecule has 168 valence electrons. The minimum atomic E-state index is -0.419. The number of nitrogens with one attached hydrogen (secondary N) is 1. The van der Waals surface area contributed by atoms with Crippen molar-refractivity contribution in [2.24, 2.45) is 0 Å². The lowest BCUT2D eigenvalue weighted by molar-refractivity contribution is -0.137. The second-order valence-electron chi connectivity index (χ2n) is 7.23. The molecule has 0 saturated heterocycles. The first kappa shape index (κ1) is 21.9. The molecule has 8 nitrogen and oxygen atoms in total. The molecular weight excluding hydrogens is 422 g/mol. The van der Waals surface area contributed by atoms with E-state index >= 15 is 0 Å². The highest BCUT2D eigenvalue weighted by Crippen LogP contribution is 2.35. The van der Waals surface area contributed by atoms with Crippen LogP contribution in [-0.4, -0.2) is 43.0 Å². The maximum Gasteiger partial charge on any atom is 0.278 e. The maximum absolute atomic E-state index is 13.4. The number of hydrogen-bond donors (Lipinski definition) is 1. The van der Waals surface area contributed by atoms with Crippen LogP contribution in [0.15, 0.2) is 72.7 Å². The van der Waals surface area contributed by atoms with Crippen molar-refractivity contribution in [3.8, 4) is 17.2 Å². The van der Waals surface area contributed by atoms with Gasteiger partial charge in [-0.05, 0) is 47.5 Å². The molecular formula is C25H23N3O5. The van der Waals surface area contributed by atoms with Gasteiger partial charge in [-0.1, -0.05) is 12.1 Å². The van der Waals surface area contributed by atoms with Crippen molar-refractivity contribution >= 4 is 23.1 Å². The summed E-state index contributed by atoms with van der Waals surface area (Å²) in [5.41, 5.74) is 2.46. The van der Waals surface area contributed by atoms with Crippen molar-refractivity contribution < 1.29 is 23.8 Å². The fourth-order valence-corrected chi connectivity index (χ4v) is 3.59. The number of pyridine rings is 1. The highest BCUT2D eigenvalue weighted by atomic mass is 16.5. The molecule has 3 aromatic rings. The first-order valence-electron chi connectivity index (χ1n) is 10.2. The number of ether oxygens (including phenoxy) is 3. The van der Waals surface area contributed by atoms with Crippen LogP contribution in [0.3, 0.4) is 0 Å². The molecule has 1 aliphatic heterocycles. The molecule has 0 radical (unpaired) electrons. The molecule has 0 bridgehead atoms. The number of benzene rings is 2. The van der Waals surface area contributed by atoms with Gasteiger partial charge in [0.05, 0.1) is 33.4 Å². The Kier molecular flexibility index (Phi) is 6.26. The zero-order valence-electron chi connectivity index (χ0n) is 18.5. The molecule has 1 N–H and O–H groups in total. The van der Waals surface area contributed by atoms with Gasteiger partial charge in [-0.25, -0.2) is 0 Å². The van der Waals surface area contributed by atoms with Crippen LogP contribution in [-0.2, 0) is 16.1 Å². The van der Waals surface area contributed by atoms with E-state index in [1.807, 2.05) is 0 Å². The molecule has 33 heavy (non-hydrogen) atoms. The Bertz CT molecular complexity index is 1210. The lowest BCUT2D eigenvalue weighted by Gasteiger charge is -2.15. The summed E-state index contributed by atoms with van der Waals surface area (Å²) < 4.78 is 15.9. The van der Waals surface area contributed by atoms with Crippen molar-refractivity contribution in [1.29, 1.82) is 0 Å². The predicted octanol–water partition coefficient (Wildman–Crippen LogP) is 3.50. The van der Waals surface area contributed by atoms with Crippen LogP contribution in [0.2, 0.25) is 0 Å². The van der Waals surface area contributed by atoms with Crippen molar-refractivity contribution in [2.45, 2.75) is 6.54 Å². The average molecular weight is 445 g/mol. The number of hydrogen-bond acceptors (Lipinski definition) is 7. The largest absolute Gasteiger partial charge is 0.497 e. The van der Waals surface area contributed by atoms with Gasteiger partial charge in [0.25, 0.3) is 11.8 Å². The lowest BCUT2D eigenvalue weighted by Crippen LogP contribution is -2.32. The lowest BCUT2D eigenvalue weighted by atomic mass is 10.0. The summed E-state index contributed by atoms with van der Waals surface area (Å²) in [6.45, 7) is 0.136. The number of aromatic nitrogens is 1. The third-order valence-corrected chi connectivity index (χ3v) is 5.29. The smallest absolute Gasteiger partial charge is 0.278 e. The third kappa shape index (κ3) is 4.36. The summed E-state index contributed by atoms with van der Waals surface area (Å²) in [6.07, 6.45) is 3.25. The molecule has 0 saturated carbocycles. The van der Waals surface area contributed by atoms with Crippen LogP contribution in [0.1, 0.15) is 11.1 Å². The Morgan fingerprint density at radius 2 is 1.52 bits per heavy atom. The minimum absolute atomic E-state index is 0.136. The quantitative estimate of drug-likeness (QED) is 0.531. The van der Waals surface area contributed by atoms with Crippen molar-refractivity contribution in [2.75, 3.05) is 26.6 Å². The van der Waals surface area contributed by atoms with E-state index in [-0.39, 0.29) is 23.7 Å². The summed E-state index contributed by atoms with van der Waals surface area (Å²) in [6, 6.07) is 15.7. The van der Waals surface area contributed by atoms with Crippen LogP contribution in [0, 0.1) is 0 Å². The zero-order chi connectivity index (χ0) is 23.4. The number of rotatable bonds is 8. The van der Waals surface area contributed by atoms with Crippen molar-refractivity contribution in [3.05, 3.63) is 83.8 Å². The number of anilines is 1.